The number of methoxy groups -OCH3 is 2. The number of amides is 1. The van der Waals surface area contributed by atoms with Gasteiger partial charge in [0.2, 0.25) is 0 Å². The number of aromatic nitrogens is 4. The van der Waals surface area contributed by atoms with Crippen LogP contribution in [0.4, 0.5) is 0 Å². The Kier molecular flexibility index (Phi) is 5.67. The fraction of sp³-hybridized carbons (Fsp3) is 0.483. The summed E-state index contributed by atoms with van der Waals surface area (Å²) in [6, 6.07) is 10.2. The van der Waals surface area contributed by atoms with Crippen molar-refractivity contribution in [3.8, 4) is 17.3 Å². The molecule has 3 fully saturated rings. The molecule has 3 atom stereocenters. The van der Waals surface area contributed by atoms with Crippen LogP contribution in [0, 0.1) is 11.8 Å². The molecule has 198 valence electrons. The van der Waals surface area contributed by atoms with E-state index in [-0.39, 0.29) is 18.0 Å². The van der Waals surface area contributed by atoms with E-state index in [1.165, 1.54) is 12.8 Å². The van der Waals surface area contributed by atoms with Crippen molar-refractivity contribution in [3.05, 3.63) is 42.1 Å². The molecular formula is C29H34N6O3. The molecule has 1 saturated heterocycles. The maximum absolute atomic E-state index is 13.7. The highest BCUT2D eigenvalue weighted by molar-refractivity contribution is 6.00. The molecule has 0 unspecified atom stereocenters. The van der Waals surface area contributed by atoms with Crippen molar-refractivity contribution >= 4 is 28.0 Å². The number of nitrogens with zero attached hydrogens (tertiary/aromatic N) is 5. The fourth-order valence-electron chi connectivity index (χ4n) is 6.57. The van der Waals surface area contributed by atoms with Gasteiger partial charge in [0.15, 0.2) is 5.82 Å². The molecule has 2 N–H and O–H groups in total. The van der Waals surface area contributed by atoms with Crippen molar-refractivity contribution in [2.45, 2.75) is 50.9 Å². The van der Waals surface area contributed by atoms with Gasteiger partial charge in [0.05, 0.1) is 24.9 Å². The number of ether oxygens (including phenoxy) is 2. The minimum absolute atomic E-state index is 0.00730. The third-order valence-electron chi connectivity index (χ3n) is 8.73. The van der Waals surface area contributed by atoms with Crippen molar-refractivity contribution < 1.29 is 14.3 Å². The molecule has 0 spiro atoms. The largest absolute Gasteiger partial charge is 0.494 e. The number of carbonyl (C=O) groups excluding carboxylic acids is 1. The van der Waals surface area contributed by atoms with Crippen LogP contribution < -0.4 is 10.5 Å². The molecule has 0 radical (unpaired) electrons. The number of likely N-dealkylation sites (tertiary alicyclic amines) is 1. The SMILES string of the molecule is COCCn1c(-c2cc3cccnc3n2CC2CC2)nc2cc(C(=O)N3C[C@H]4CC[C@@H]3[C@@H]4N)cc(OC)c21. The Morgan fingerprint density at radius 2 is 2.00 bits per heavy atom. The molecular weight excluding hydrogens is 480 g/mol. The Balaban J connectivity index is 1.38. The number of hydrogen-bond donors (Lipinski definition) is 1. The first kappa shape index (κ1) is 23.7. The lowest BCUT2D eigenvalue weighted by molar-refractivity contribution is 0.0700. The summed E-state index contributed by atoms with van der Waals surface area (Å²) < 4.78 is 15.8. The lowest BCUT2D eigenvalue weighted by atomic mass is 10.1. The molecule has 1 amide bonds. The quantitative estimate of drug-likeness (QED) is 0.385. The lowest BCUT2D eigenvalue weighted by Crippen LogP contribution is -2.41. The molecule has 9 heteroatoms. The summed E-state index contributed by atoms with van der Waals surface area (Å²) in [5.41, 5.74) is 10.6. The van der Waals surface area contributed by atoms with Crippen LogP contribution >= 0.6 is 0 Å². The fourth-order valence-corrected chi connectivity index (χ4v) is 6.57. The first-order chi connectivity index (χ1) is 18.6. The third-order valence-corrected chi connectivity index (χ3v) is 8.73. The van der Waals surface area contributed by atoms with E-state index in [9.17, 15) is 4.79 Å². The number of fused-ring (bicyclic) bond motifs is 4. The Morgan fingerprint density at radius 3 is 2.71 bits per heavy atom. The van der Waals surface area contributed by atoms with Gasteiger partial charge in [0.1, 0.15) is 16.9 Å². The Hall–Kier alpha value is -3.43. The lowest BCUT2D eigenvalue weighted by Gasteiger charge is -2.27. The van der Waals surface area contributed by atoms with Gasteiger partial charge < -0.3 is 29.2 Å². The topological polar surface area (TPSA) is 100 Å². The van der Waals surface area contributed by atoms with Gasteiger partial charge in [-0.25, -0.2) is 9.97 Å². The molecule has 3 aromatic heterocycles. The van der Waals surface area contributed by atoms with E-state index in [0.29, 0.717) is 36.3 Å². The second-order valence-electron chi connectivity index (χ2n) is 11.1. The van der Waals surface area contributed by atoms with Crippen LogP contribution in [-0.2, 0) is 17.8 Å². The summed E-state index contributed by atoms with van der Waals surface area (Å²) >= 11 is 0. The number of nitrogens with two attached hydrogens (primary N) is 1. The van der Waals surface area contributed by atoms with Crippen LogP contribution in [-0.4, -0.2) is 69.4 Å². The predicted octanol–water partition coefficient (Wildman–Crippen LogP) is 3.68. The highest BCUT2D eigenvalue weighted by atomic mass is 16.5. The first-order valence-corrected chi connectivity index (χ1v) is 13.7. The van der Waals surface area contributed by atoms with Crippen LogP contribution in [0.2, 0.25) is 0 Å². The zero-order valence-corrected chi connectivity index (χ0v) is 22.0. The third kappa shape index (κ3) is 3.71. The van der Waals surface area contributed by atoms with Gasteiger partial charge in [-0.15, -0.1) is 0 Å². The summed E-state index contributed by atoms with van der Waals surface area (Å²) in [5, 5.41) is 1.09. The second kappa shape index (κ2) is 9.10. The molecule has 4 aromatic rings. The highest BCUT2D eigenvalue weighted by Gasteiger charge is 2.47. The standard InChI is InChI=1S/C29H34N6O3/c1-37-11-10-33-26-21(12-20(14-24(26)38-2)29(36)35-16-19-7-8-22(35)25(19)30)32-28(33)23-13-18-4-3-9-31-27(18)34(23)15-17-5-6-17/h3-4,9,12-14,17,19,22,25H,5-8,10-11,15-16,30H2,1-2H3/t19-,22-,25-/m1/s1. The van der Waals surface area contributed by atoms with E-state index in [0.717, 1.165) is 59.5 Å². The molecule has 4 heterocycles. The smallest absolute Gasteiger partial charge is 0.254 e. The number of rotatable bonds is 8. The van der Waals surface area contributed by atoms with Gasteiger partial charge in [-0.3, -0.25) is 4.79 Å². The molecule has 1 aliphatic heterocycles. The molecule has 2 aliphatic carbocycles. The Morgan fingerprint density at radius 1 is 1.13 bits per heavy atom. The van der Waals surface area contributed by atoms with E-state index in [1.54, 1.807) is 14.2 Å². The number of carbonyl (C=O) groups is 1. The zero-order valence-electron chi connectivity index (χ0n) is 22.0. The van der Waals surface area contributed by atoms with Crippen molar-refractivity contribution in [1.82, 2.24) is 24.0 Å². The summed E-state index contributed by atoms with van der Waals surface area (Å²) in [6.07, 6.45) is 6.42. The molecule has 2 bridgehead atoms. The van der Waals surface area contributed by atoms with E-state index in [1.807, 2.05) is 29.3 Å². The zero-order chi connectivity index (χ0) is 26.0. The molecule has 3 aliphatic rings. The number of hydrogen-bond acceptors (Lipinski definition) is 6. The van der Waals surface area contributed by atoms with Crippen molar-refractivity contribution in [2.24, 2.45) is 17.6 Å². The number of imidazole rings is 1. The van der Waals surface area contributed by atoms with Gasteiger partial charge in [0, 0.05) is 56.0 Å². The maximum Gasteiger partial charge on any atom is 0.254 e. The molecule has 7 rings (SSSR count). The van der Waals surface area contributed by atoms with E-state index in [4.69, 9.17) is 25.2 Å². The van der Waals surface area contributed by atoms with Gasteiger partial charge in [-0.2, -0.15) is 0 Å². The first-order valence-electron chi connectivity index (χ1n) is 13.7. The van der Waals surface area contributed by atoms with Crippen molar-refractivity contribution in [3.63, 3.8) is 0 Å². The average molecular weight is 515 g/mol. The van der Waals surface area contributed by atoms with Gasteiger partial charge in [0.25, 0.3) is 5.91 Å². The normalized spacial score (nSPS) is 22.7. The molecule has 38 heavy (non-hydrogen) atoms. The second-order valence-corrected chi connectivity index (χ2v) is 11.1. The van der Waals surface area contributed by atoms with E-state index in [2.05, 4.69) is 21.3 Å². The summed E-state index contributed by atoms with van der Waals surface area (Å²) in [6.45, 7) is 2.78. The van der Waals surface area contributed by atoms with Gasteiger partial charge >= 0.3 is 0 Å². The molecule has 1 aromatic carbocycles. The van der Waals surface area contributed by atoms with Crippen LogP contribution in [0.3, 0.4) is 0 Å². The predicted molar refractivity (Wildman–Crippen MR) is 145 cm³/mol. The van der Waals surface area contributed by atoms with Crippen LogP contribution in [0.15, 0.2) is 36.5 Å². The van der Waals surface area contributed by atoms with E-state index < -0.39 is 0 Å². The van der Waals surface area contributed by atoms with Gasteiger partial charge in [-0.1, -0.05) is 0 Å². The average Bonchev–Trinajstić information content (AvgIpc) is 3.29. The molecule has 2 saturated carbocycles. The Labute approximate surface area is 221 Å². The molecule has 9 nitrogen and oxygen atoms in total. The van der Waals surface area contributed by atoms with Crippen LogP contribution in [0.25, 0.3) is 33.6 Å². The number of pyridine rings is 1. The Bertz CT molecular complexity index is 1540. The van der Waals surface area contributed by atoms with Gasteiger partial charge in [-0.05, 0) is 67.9 Å². The summed E-state index contributed by atoms with van der Waals surface area (Å²) in [5.74, 6) is 2.55. The maximum atomic E-state index is 13.7. The summed E-state index contributed by atoms with van der Waals surface area (Å²) in [7, 11) is 3.35. The minimum atomic E-state index is 0.00730. The summed E-state index contributed by atoms with van der Waals surface area (Å²) in [4.78, 5) is 25.5. The number of piperidine rings is 1. The number of benzene rings is 1. The monoisotopic (exact) mass is 514 g/mol. The van der Waals surface area contributed by atoms with Crippen LogP contribution in [0.5, 0.6) is 5.75 Å². The van der Waals surface area contributed by atoms with Crippen molar-refractivity contribution in [2.75, 3.05) is 27.4 Å². The van der Waals surface area contributed by atoms with Crippen LogP contribution in [0.1, 0.15) is 36.0 Å². The van der Waals surface area contributed by atoms with E-state index >= 15 is 0 Å². The highest BCUT2D eigenvalue weighted by Crippen LogP contribution is 2.40. The minimum Gasteiger partial charge on any atom is -0.494 e. The van der Waals surface area contributed by atoms with Crippen molar-refractivity contribution in [1.29, 1.82) is 0 Å².